The van der Waals surface area contributed by atoms with E-state index >= 15 is 0 Å². The van der Waals surface area contributed by atoms with Gasteiger partial charge in [0.2, 0.25) is 0 Å². The lowest BCUT2D eigenvalue weighted by Crippen LogP contribution is -2.43. The number of carbonyl (C=O) groups is 2. The molecule has 1 fully saturated rings. The third-order valence-electron chi connectivity index (χ3n) is 3.77. The SMILES string of the molecule is CCC1(C)OC(=O)C(=CC=Cc2cccc3occc23)C(=O)O1. The van der Waals surface area contributed by atoms with Crippen molar-refractivity contribution < 1.29 is 23.5 Å². The topological polar surface area (TPSA) is 65.7 Å². The molecule has 1 saturated heterocycles. The van der Waals surface area contributed by atoms with Crippen LogP contribution < -0.4 is 0 Å². The van der Waals surface area contributed by atoms with E-state index in [1.807, 2.05) is 24.3 Å². The molecule has 1 aromatic heterocycles. The molecule has 0 radical (unpaired) electrons. The van der Waals surface area contributed by atoms with Crippen molar-refractivity contribution in [2.75, 3.05) is 0 Å². The van der Waals surface area contributed by atoms with Crippen LogP contribution in [0.5, 0.6) is 0 Å². The lowest BCUT2D eigenvalue weighted by atomic mass is 10.1. The summed E-state index contributed by atoms with van der Waals surface area (Å²) in [5, 5.41) is 0.953. The molecule has 118 valence electrons. The lowest BCUT2D eigenvalue weighted by Gasteiger charge is -2.32. The van der Waals surface area contributed by atoms with E-state index in [0.29, 0.717) is 6.42 Å². The number of esters is 2. The van der Waals surface area contributed by atoms with E-state index < -0.39 is 17.7 Å². The van der Waals surface area contributed by atoms with Gasteiger partial charge in [-0.1, -0.05) is 31.2 Å². The first-order chi connectivity index (χ1) is 11.0. The lowest BCUT2D eigenvalue weighted by molar-refractivity contribution is -0.229. The maximum absolute atomic E-state index is 12.0. The average Bonchev–Trinajstić information content (AvgIpc) is 2.99. The Morgan fingerprint density at radius 2 is 1.87 bits per heavy atom. The van der Waals surface area contributed by atoms with Gasteiger partial charge >= 0.3 is 11.9 Å². The Kier molecular flexibility index (Phi) is 3.78. The summed E-state index contributed by atoms with van der Waals surface area (Å²) in [6, 6.07) is 7.51. The highest BCUT2D eigenvalue weighted by Gasteiger charge is 2.40. The molecule has 0 saturated carbocycles. The summed E-state index contributed by atoms with van der Waals surface area (Å²) in [6.45, 7) is 3.34. The normalized spacial score (nSPS) is 21.6. The highest BCUT2D eigenvalue weighted by atomic mass is 16.7. The van der Waals surface area contributed by atoms with Gasteiger partial charge in [-0.3, -0.25) is 0 Å². The van der Waals surface area contributed by atoms with E-state index in [2.05, 4.69) is 0 Å². The zero-order valence-electron chi connectivity index (χ0n) is 12.9. The second-order valence-corrected chi connectivity index (χ2v) is 5.39. The van der Waals surface area contributed by atoms with Gasteiger partial charge in [0.15, 0.2) is 0 Å². The maximum atomic E-state index is 12.0. The number of ether oxygens (including phenoxy) is 2. The Morgan fingerprint density at radius 3 is 2.57 bits per heavy atom. The van der Waals surface area contributed by atoms with Crippen molar-refractivity contribution in [3.05, 3.63) is 53.8 Å². The fourth-order valence-corrected chi connectivity index (χ4v) is 2.30. The summed E-state index contributed by atoms with van der Waals surface area (Å²) in [6.07, 6.45) is 6.82. The minimum Gasteiger partial charge on any atom is -0.464 e. The van der Waals surface area contributed by atoms with Crippen LogP contribution in [0.2, 0.25) is 0 Å². The first-order valence-corrected chi connectivity index (χ1v) is 7.34. The van der Waals surface area contributed by atoms with Gasteiger partial charge in [-0.05, 0) is 23.8 Å². The highest BCUT2D eigenvalue weighted by molar-refractivity contribution is 6.15. The van der Waals surface area contributed by atoms with Crippen LogP contribution >= 0.6 is 0 Å². The van der Waals surface area contributed by atoms with E-state index in [0.717, 1.165) is 16.5 Å². The Bertz CT molecular complexity index is 805. The number of carbonyl (C=O) groups excluding carboxylic acids is 2. The van der Waals surface area contributed by atoms with Crippen molar-refractivity contribution in [1.82, 2.24) is 0 Å². The summed E-state index contributed by atoms with van der Waals surface area (Å²) in [5.41, 5.74) is 1.57. The van der Waals surface area contributed by atoms with E-state index in [9.17, 15) is 9.59 Å². The van der Waals surface area contributed by atoms with Crippen LogP contribution in [0.3, 0.4) is 0 Å². The maximum Gasteiger partial charge on any atom is 0.348 e. The number of cyclic esters (lactones) is 2. The van der Waals surface area contributed by atoms with Crippen LogP contribution in [0.4, 0.5) is 0 Å². The van der Waals surface area contributed by atoms with Gasteiger partial charge in [-0.25, -0.2) is 9.59 Å². The third kappa shape index (κ3) is 2.90. The van der Waals surface area contributed by atoms with Gasteiger partial charge < -0.3 is 13.9 Å². The Labute approximate surface area is 133 Å². The predicted octanol–water partition coefficient (Wildman–Crippen LogP) is 3.60. The fraction of sp³-hybridized carbons (Fsp3) is 0.222. The fourth-order valence-electron chi connectivity index (χ4n) is 2.30. The quantitative estimate of drug-likeness (QED) is 0.492. The summed E-state index contributed by atoms with van der Waals surface area (Å²) < 4.78 is 15.7. The van der Waals surface area contributed by atoms with Crippen molar-refractivity contribution in [2.45, 2.75) is 26.1 Å². The molecule has 1 aliphatic rings. The summed E-state index contributed by atoms with van der Waals surface area (Å²) in [7, 11) is 0. The molecule has 0 spiro atoms. The minimum atomic E-state index is -1.18. The molecule has 2 aromatic rings. The second kappa shape index (κ2) is 5.76. The van der Waals surface area contributed by atoms with Gasteiger partial charge in [-0.2, -0.15) is 0 Å². The standard InChI is InChI=1S/C18H16O5/c1-3-18(2)22-16(19)14(17(20)23-18)8-4-6-12-7-5-9-15-13(12)10-11-21-15/h4-11H,3H2,1-2H3. The number of hydrogen-bond acceptors (Lipinski definition) is 5. The van der Waals surface area contributed by atoms with E-state index in [1.54, 1.807) is 32.3 Å². The molecule has 0 unspecified atom stereocenters. The molecule has 5 nitrogen and oxygen atoms in total. The van der Waals surface area contributed by atoms with Crippen molar-refractivity contribution >= 4 is 29.0 Å². The number of hydrogen-bond donors (Lipinski definition) is 0. The average molecular weight is 312 g/mol. The molecule has 0 atom stereocenters. The molecule has 0 bridgehead atoms. The Balaban J connectivity index is 1.84. The van der Waals surface area contributed by atoms with Crippen molar-refractivity contribution in [1.29, 1.82) is 0 Å². The zero-order chi connectivity index (χ0) is 16.4. The van der Waals surface area contributed by atoms with E-state index in [1.165, 1.54) is 6.08 Å². The van der Waals surface area contributed by atoms with Crippen molar-refractivity contribution in [2.24, 2.45) is 0 Å². The summed E-state index contributed by atoms with van der Waals surface area (Å²) in [4.78, 5) is 23.9. The molecule has 1 aliphatic heterocycles. The van der Waals surface area contributed by atoms with Crippen LogP contribution in [0.15, 0.2) is 52.7 Å². The number of fused-ring (bicyclic) bond motifs is 1. The first kappa shape index (κ1) is 15.1. The van der Waals surface area contributed by atoms with E-state index in [4.69, 9.17) is 13.9 Å². The van der Waals surface area contributed by atoms with Gasteiger partial charge in [-0.15, -0.1) is 0 Å². The van der Waals surface area contributed by atoms with Gasteiger partial charge in [0.1, 0.15) is 11.2 Å². The third-order valence-corrected chi connectivity index (χ3v) is 3.77. The number of furan rings is 1. The number of allylic oxidation sites excluding steroid dienone is 2. The molecule has 2 heterocycles. The molecule has 0 N–H and O–H groups in total. The van der Waals surface area contributed by atoms with E-state index in [-0.39, 0.29) is 5.57 Å². The van der Waals surface area contributed by atoms with Crippen molar-refractivity contribution in [3.63, 3.8) is 0 Å². The largest absolute Gasteiger partial charge is 0.464 e. The van der Waals surface area contributed by atoms with Crippen LogP contribution in [-0.2, 0) is 19.1 Å². The van der Waals surface area contributed by atoms with Gasteiger partial charge in [0.25, 0.3) is 5.79 Å². The smallest absolute Gasteiger partial charge is 0.348 e. The van der Waals surface area contributed by atoms with Crippen LogP contribution in [0, 0.1) is 0 Å². The monoisotopic (exact) mass is 312 g/mol. The predicted molar refractivity (Wildman–Crippen MR) is 84.2 cm³/mol. The molecule has 0 aliphatic carbocycles. The summed E-state index contributed by atoms with van der Waals surface area (Å²) in [5.74, 6) is -2.52. The van der Waals surface area contributed by atoms with Crippen LogP contribution in [0.25, 0.3) is 17.0 Å². The zero-order valence-corrected chi connectivity index (χ0v) is 12.9. The first-order valence-electron chi connectivity index (χ1n) is 7.34. The van der Waals surface area contributed by atoms with Crippen molar-refractivity contribution in [3.8, 4) is 0 Å². The second-order valence-electron chi connectivity index (χ2n) is 5.39. The highest BCUT2D eigenvalue weighted by Crippen LogP contribution is 2.26. The van der Waals surface area contributed by atoms with Gasteiger partial charge in [0.05, 0.1) is 6.26 Å². The molecule has 0 amide bonds. The van der Waals surface area contributed by atoms with Crippen LogP contribution in [0.1, 0.15) is 25.8 Å². The molecule has 3 rings (SSSR count). The molecular weight excluding hydrogens is 296 g/mol. The van der Waals surface area contributed by atoms with Crippen LogP contribution in [-0.4, -0.2) is 17.7 Å². The summed E-state index contributed by atoms with van der Waals surface area (Å²) >= 11 is 0. The molecule has 23 heavy (non-hydrogen) atoms. The van der Waals surface area contributed by atoms with Gasteiger partial charge in [0, 0.05) is 18.7 Å². The molecule has 1 aromatic carbocycles. The minimum absolute atomic E-state index is 0.119. The number of rotatable bonds is 3. The Morgan fingerprint density at radius 1 is 1.13 bits per heavy atom. The Hall–Kier alpha value is -2.82. The molecule has 5 heteroatoms. The number of benzene rings is 1. The molecular formula is C18H16O5.